The minimum Gasteiger partial charge on any atom is -0.308 e. The number of benzene rings is 1. The van der Waals surface area contributed by atoms with Crippen LogP contribution >= 0.6 is 22.9 Å². The molecule has 0 unspecified atom stereocenters. The van der Waals surface area contributed by atoms with Crippen molar-refractivity contribution >= 4 is 22.9 Å². The summed E-state index contributed by atoms with van der Waals surface area (Å²) in [6.45, 7) is 0.927. The van der Waals surface area contributed by atoms with E-state index in [4.69, 9.17) is 11.6 Å². The van der Waals surface area contributed by atoms with Crippen LogP contribution in [0.2, 0.25) is 4.34 Å². The molecule has 3 heteroatoms. The second kappa shape index (κ2) is 4.81. The van der Waals surface area contributed by atoms with Gasteiger partial charge in [-0.25, -0.2) is 0 Å². The average Bonchev–Trinajstić information content (AvgIpc) is 2.91. The number of nitrogens with one attached hydrogen (secondary N) is 1. The summed E-state index contributed by atoms with van der Waals surface area (Å²) in [5, 5.41) is 3.61. The maximum Gasteiger partial charge on any atom is 0.0931 e. The Hall–Kier alpha value is -0.830. The van der Waals surface area contributed by atoms with Crippen molar-refractivity contribution in [2.45, 2.75) is 25.4 Å². The maximum absolute atomic E-state index is 5.92. The van der Waals surface area contributed by atoms with Crippen molar-refractivity contribution in [2.24, 2.45) is 0 Å². The molecule has 1 N–H and O–H groups in total. The summed E-state index contributed by atoms with van der Waals surface area (Å²) in [6.07, 6.45) is 2.30. The summed E-state index contributed by atoms with van der Waals surface area (Å²) in [6, 6.07) is 13.4. The molecular formula is C14H14ClNS. The predicted molar refractivity (Wildman–Crippen MR) is 73.8 cm³/mol. The van der Waals surface area contributed by atoms with Crippen molar-refractivity contribution in [2.75, 3.05) is 0 Å². The van der Waals surface area contributed by atoms with Crippen molar-refractivity contribution in [3.8, 4) is 0 Å². The predicted octanol–water partition coefficient (Wildman–Crippen LogP) is 3.66. The number of thiophene rings is 1. The molecule has 88 valence electrons. The van der Waals surface area contributed by atoms with E-state index >= 15 is 0 Å². The van der Waals surface area contributed by atoms with E-state index in [1.165, 1.54) is 16.0 Å². The molecule has 0 saturated heterocycles. The van der Waals surface area contributed by atoms with Crippen molar-refractivity contribution in [3.05, 3.63) is 56.7 Å². The van der Waals surface area contributed by atoms with E-state index in [1.807, 2.05) is 6.07 Å². The van der Waals surface area contributed by atoms with Gasteiger partial charge in [-0.1, -0.05) is 35.9 Å². The molecule has 0 bridgehead atoms. The Morgan fingerprint density at radius 3 is 2.41 bits per heavy atom. The normalized spacial score (nSPS) is 15.1. The minimum atomic E-state index is 0.577. The summed E-state index contributed by atoms with van der Waals surface area (Å²) in [5.74, 6) is 0. The molecule has 1 aliphatic carbocycles. The first-order chi connectivity index (χ1) is 8.31. The Bertz CT molecular complexity index is 495. The van der Waals surface area contributed by atoms with Crippen LogP contribution in [0.3, 0.4) is 0 Å². The molecule has 0 amide bonds. The summed E-state index contributed by atoms with van der Waals surface area (Å²) in [5.41, 5.74) is 2.99. The first-order valence-corrected chi connectivity index (χ1v) is 7.05. The number of rotatable bonds is 3. The van der Waals surface area contributed by atoms with Gasteiger partial charge >= 0.3 is 0 Å². The highest BCUT2D eigenvalue weighted by Gasteiger charge is 2.20. The lowest BCUT2D eigenvalue weighted by Gasteiger charge is -2.10. The lowest BCUT2D eigenvalue weighted by molar-refractivity contribution is 0.536. The summed E-state index contributed by atoms with van der Waals surface area (Å²) < 4.78 is 0.872. The molecule has 0 radical (unpaired) electrons. The van der Waals surface area contributed by atoms with Crippen LogP contribution in [-0.2, 0) is 19.4 Å². The van der Waals surface area contributed by atoms with E-state index in [-0.39, 0.29) is 0 Å². The third-order valence-corrected chi connectivity index (χ3v) is 4.48. The molecule has 1 aromatic heterocycles. The van der Waals surface area contributed by atoms with E-state index < -0.39 is 0 Å². The van der Waals surface area contributed by atoms with Crippen molar-refractivity contribution in [1.29, 1.82) is 0 Å². The lowest BCUT2D eigenvalue weighted by atomic mass is 10.1. The fraction of sp³-hybridized carbons (Fsp3) is 0.286. The Morgan fingerprint density at radius 1 is 1.12 bits per heavy atom. The summed E-state index contributed by atoms with van der Waals surface area (Å²) in [7, 11) is 0. The van der Waals surface area contributed by atoms with Crippen LogP contribution in [0.5, 0.6) is 0 Å². The third-order valence-electron chi connectivity index (χ3n) is 3.24. The largest absolute Gasteiger partial charge is 0.308 e. The third kappa shape index (κ3) is 2.54. The van der Waals surface area contributed by atoms with Gasteiger partial charge in [-0.2, -0.15) is 0 Å². The quantitative estimate of drug-likeness (QED) is 0.891. The van der Waals surface area contributed by atoms with E-state index in [2.05, 4.69) is 35.6 Å². The van der Waals surface area contributed by atoms with Crippen molar-refractivity contribution in [3.63, 3.8) is 0 Å². The zero-order valence-electron chi connectivity index (χ0n) is 9.45. The molecule has 1 nitrogen and oxygen atoms in total. The molecular weight excluding hydrogens is 250 g/mol. The Balaban J connectivity index is 1.59. The average molecular weight is 264 g/mol. The highest BCUT2D eigenvalue weighted by atomic mass is 35.5. The van der Waals surface area contributed by atoms with Gasteiger partial charge in [0.15, 0.2) is 0 Å². The Labute approximate surface area is 110 Å². The van der Waals surface area contributed by atoms with Gasteiger partial charge in [0, 0.05) is 17.5 Å². The van der Waals surface area contributed by atoms with Gasteiger partial charge < -0.3 is 5.32 Å². The van der Waals surface area contributed by atoms with E-state index in [1.54, 1.807) is 11.3 Å². The monoisotopic (exact) mass is 263 g/mol. The number of fused-ring (bicyclic) bond motifs is 1. The van der Waals surface area contributed by atoms with Gasteiger partial charge in [0.1, 0.15) is 0 Å². The van der Waals surface area contributed by atoms with Gasteiger partial charge in [-0.15, -0.1) is 11.3 Å². The molecule has 1 aromatic carbocycles. The van der Waals surface area contributed by atoms with Gasteiger partial charge in [0.2, 0.25) is 0 Å². The second-order valence-corrected chi connectivity index (χ2v) is 6.26. The lowest BCUT2D eigenvalue weighted by Crippen LogP contribution is -2.28. The van der Waals surface area contributed by atoms with E-state index in [0.29, 0.717) is 6.04 Å². The highest BCUT2D eigenvalue weighted by molar-refractivity contribution is 7.16. The Kier molecular flexibility index (Phi) is 3.19. The molecule has 2 aromatic rings. The standard InChI is InChI=1S/C14H14ClNS/c15-14-6-5-13(17-14)9-16-12-7-10-3-1-2-4-11(10)8-12/h1-6,12,16H,7-9H2. The van der Waals surface area contributed by atoms with Crippen LogP contribution in [0, 0.1) is 0 Å². The number of hydrogen-bond donors (Lipinski definition) is 1. The maximum atomic E-state index is 5.92. The Morgan fingerprint density at radius 2 is 1.82 bits per heavy atom. The van der Waals surface area contributed by atoms with Gasteiger partial charge in [-0.3, -0.25) is 0 Å². The van der Waals surface area contributed by atoms with Gasteiger partial charge in [0.05, 0.1) is 4.34 Å². The van der Waals surface area contributed by atoms with Gasteiger partial charge in [0.25, 0.3) is 0 Å². The van der Waals surface area contributed by atoms with Crippen LogP contribution < -0.4 is 5.32 Å². The number of halogens is 1. The van der Waals surface area contributed by atoms with E-state index in [9.17, 15) is 0 Å². The van der Waals surface area contributed by atoms with Crippen molar-refractivity contribution in [1.82, 2.24) is 5.32 Å². The molecule has 0 aliphatic heterocycles. The molecule has 3 rings (SSSR count). The fourth-order valence-corrected chi connectivity index (χ4v) is 3.43. The molecule has 0 spiro atoms. The molecule has 1 heterocycles. The zero-order chi connectivity index (χ0) is 11.7. The van der Waals surface area contributed by atoms with Crippen LogP contribution in [0.4, 0.5) is 0 Å². The SMILES string of the molecule is Clc1ccc(CNC2Cc3ccccc3C2)s1. The van der Waals surface area contributed by atoms with Crippen LogP contribution in [0.1, 0.15) is 16.0 Å². The van der Waals surface area contributed by atoms with Crippen LogP contribution in [0.15, 0.2) is 36.4 Å². The van der Waals surface area contributed by atoms with Crippen molar-refractivity contribution < 1.29 is 0 Å². The van der Waals surface area contributed by atoms with Crippen LogP contribution in [0.25, 0.3) is 0 Å². The molecule has 0 atom stereocenters. The smallest absolute Gasteiger partial charge is 0.0931 e. The minimum absolute atomic E-state index is 0.577. The molecule has 0 saturated carbocycles. The first-order valence-electron chi connectivity index (χ1n) is 5.85. The molecule has 0 fully saturated rings. The molecule has 1 aliphatic rings. The van der Waals surface area contributed by atoms with E-state index in [0.717, 1.165) is 23.7 Å². The second-order valence-electron chi connectivity index (χ2n) is 4.46. The first kappa shape index (κ1) is 11.3. The summed E-state index contributed by atoms with van der Waals surface area (Å²) in [4.78, 5) is 1.31. The van der Waals surface area contributed by atoms with Crippen LogP contribution in [-0.4, -0.2) is 6.04 Å². The molecule has 17 heavy (non-hydrogen) atoms. The number of hydrogen-bond acceptors (Lipinski definition) is 2. The fourth-order valence-electron chi connectivity index (χ4n) is 2.39. The van der Waals surface area contributed by atoms with Gasteiger partial charge in [-0.05, 0) is 36.1 Å². The highest BCUT2D eigenvalue weighted by Crippen LogP contribution is 2.24. The topological polar surface area (TPSA) is 12.0 Å². The summed E-state index contributed by atoms with van der Waals surface area (Å²) >= 11 is 7.58. The zero-order valence-corrected chi connectivity index (χ0v) is 11.0.